The van der Waals surface area contributed by atoms with Gasteiger partial charge in [-0.05, 0) is 6.42 Å². The quantitative estimate of drug-likeness (QED) is 0.711. The molecule has 0 fully saturated rings. The van der Waals surface area contributed by atoms with E-state index < -0.39 is 27.8 Å². The third kappa shape index (κ3) is 10.8. The fourth-order valence-electron chi connectivity index (χ4n) is 1.11. The molecule has 1 atom stereocenters. The van der Waals surface area contributed by atoms with Crippen LogP contribution in [0.25, 0.3) is 0 Å². The van der Waals surface area contributed by atoms with Gasteiger partial charge in [0.15, 0.2) is 0 Å². The maximum atomic E-state index is 11.6. The van der Waals surface area contributed by atoms with E-state index in [-0.39, 0.29) is 22.7 Å². The Balaban J connectivity index is 4.35. The Morgan fingerprint density at radius 3 is 2.21 bits per heavy atom. The average Bonchev–Trinajstić information content (AvgIpc) is 2.18. The molecule has 112 valence electrons. The van der Waals surface area contributed by atoms with Crippen molar-refractivity contribution in [1.29, 1.82) is 0 Å². The largest absolute Gasteiger partial charge is 0.480 e. The van der Waals surface area contributed by atoms with Crippen molar-refractivity contribution in [3.63, 3.8) is 0 Å². The zero-order valence-corrected chi connectivity index (χ0v) is 13.2. The molecule has 6 nitrogen and oxygen atoms in total. The molecule has 0 radical (unpaired) electrons. The summed E-state index contributed by atoms with van der Waals surface area (Å²) in [6, 6.07) is -1.16. The summed E-state index contributed by atoms with van der Waals surface area (Å²) in [6.45, 7) is 5.84. The highest BCUT2D eigenvalue weighted by Crippen LogP contribution is 2.22. The zero-order valence-electron chi connectivity index (χ0n) is 11.6. The smallest absolute Gasteiger partial charge is 0.326 e. The lowest BCUT2D eigenvalue weighted by molar-refractivity contribution is -0.141. The van der Waals surface area contributed by atoms with E-state index in [0.29, 0.717) is 0 Å². The summed E-state index contributed by atoms with van der Waals surface area (Å²) in [6.07, 6.45) is 0.906. The number of carboxylic acid groups (broad SMARTS) is 1. The third-order valence-corrected chi connectivity index (χ3v) is 4.30. The van der Waals surface area contributed by atoms with Crippen LogP contribution in [0.4, 0.5) is 0 Å². The molecule has 0 aliphatic carbocycles. The van der Waals surface area contributed by atoms with Crippen LogP contribution in [0, 0.1) is 0 Å². The van der Waals surface area contributed by atoms with Crippen molar-refractivity contribution in [3.05, 3.63) is 0 Å². The molecule has 0 saturated carbocycles. The summed E-state index contributed by atoms with van der Waals surface area (Å²) in [7, 11) is -3.24. The fourth-order valence-corrected chi connectivity index (χ4v) is 2.42. The van der Waals surface area contributed by atoms with Crippen LogP contribution in [-0.4, -0.2) is 54.0 Å². The first-order valence-corrected chi connectivity index (χ1v) is 8.79. The highest BCUT2D eigenvalue weighted by Gasteiger charge is 2.22. The molecule has 0 bridgehead atoms. The van der Waals surface area contributed by atoms with Crippen LogP contribution < -0.4 is 5.32 Å². The Kier molecular flexibility index (Phi) is 6.85. The molecule has 0 aromatic rings. The minimum absolute atomic E-state index is 0.0944. The van der Waals surface area contributed by atoms with Gasteiger partial charge in [0.1, 0.15) is 15.9 Å². The van der Waals surface area contributed by atoms with Crippen LogP contribution >= 0.6 is 11.8 Å². The second kappa shape index (κ2) is 7.14. The summed E-state index contributed by atoms with van der Waals surface area (Å²) in [5, 5.41) is 11.3. The molecule has 0 heterocycles. The van der Waals surface area contributed by atoms with E-state index in [2.05, 4.69) is 5.32 Å². The molecule has 2 N–H and O–H groups in total. The Morgan fingerprint density at radius 2 is 1.84 bits per heavy atom. The van der Waals surface area contributed by atoms with Crippen molar-refractivity contribution < 1.29 is 23.1 Å². The second-order valence-electron chi connectivity index (χ2n) is 5.28. The van der Waals surface area contributed by atoms with E-state index in [1.165, 1.54) is 11.8 Å². The van der Waals surface area contributed by atoms with Crippen LogP contribution in [0.5, 0.6) is 0 Å². The Morgan fingerprint density at radius 1 is 1.32 bits per heavy atom. The number of carboxylic acids is 1. The molecular weight excluding hydrogens is 290 g/mol. The van der Waals surface area contributed by atoms with Gasteiger partial charge >= 0.3 is 5.97 Å². The Hall–Kier alpha value is -0.760. The molecule has 19 heavy (non-hydrogen) atoms. The highest BCUT2D eigenvalue weighted by atomic mass is 32.2. The van der Waals surface area contributed by atoms with Crippen LogP contribution in [0.2, 0.25) is 0 Å². The first-order chi connectivity index (χ1) is 8.41. The summed E-state index contributed by atoms with van der Waals surface area (Å²) in [4.78, 5) is 22.5. The summed E-state index contributed by atoms with van der Waals surface area (Å²) >= 11 is 1.40. The van der Waals surface area contributed by atoms with Crippen molar-refractivity contribution in [2.75, 3.05) is 17.8 Å². The second-order valence-corrected chi connectivity index (χ2v) is 9.34. The molecule has 1 unspecified atom stereocenters. The number of thioether (sulfide) groups is 1. The lowest BCUT2D eigenvalue weighted by atomic mass is 10.2. The van der Waals surface area contributed by atoms with E-state index in [1.54, 1.807) is 0 Å². The standard InChI is InChI=1S/C11H21NO5S2/c1-11(2,3)18-7-9(13)12-8(10(14)15)5-6-19(4,16)17/h8H,5-7H2,1-4H3,(H,12,13)(H,14,15). The predicted octanol–water partition coefficient (Wildman–Crippen LogP) is 0.522. The lowest BCUT2D eigenvalue weighted by Gasteiger charge is -2.18. The van der Waals surface area contributed by atoms with Gasteiger partial charge in [-0.25, -0.2) is 13.2 Å². The predicted molar refractivity (Wildman–Crippen MR) is 76.1 cm³/mol. The zero-order chi connectivity index (χ0) is 15.3. The molecule has 0 saturated heterocycles. The molecule has 0 aromatic heterocycles. The topological polar surface area (TPSA) is 101 Å². The van der Waals surface area contributed by atoms with Crippen molar-refractivity contribution >= 4 is 33.5 Å². The Labute approximate surface area is 118 Å². The molecule has 0 aliphatic heterocycles. The maximum Gasteiger partial charge on any atom is 0.326 e. The molecule has 0 rings (SSSR count). The minimum Gasteiger partial charge on any atom is -0.480 e. The van der Waals surface area contributed by atoms with Gasteiger partial charge in [-0.2, -0.15) is 0 Å². The van der Waals surface area contributed by atoms with Crippen molar-refractivity contribution in [2.24, 2.45) is 0 Å². The number of hydrogen-bond donors (Lipinski definition) is 2. The van der Waals surface area contributed by atoms with Gasteiger partial charge in [-0.3, -0.25) is 4.79 Å². The van der Waals surface area contributed by atoms with Crippen molar-refractivity contribution in [2.45, 2.75) is 38.0 Å². The first-order valence-electron chi connectivity index (χ1n) is 5.74. The van der Waals surface area contributed by atoms with Gasteiger partial charge in [-0.15, -0.1) is 11.8 Å². The van der Waals surface area contributed by atoms with E-state index in [0.717, 1.165) is 6.26 Å². The maximum absolute atomic E-state index is 11.6. The summed E-state index contributed by atoms with van der Waals surface area (Å²) < 4.78 is 21.9. The molecule has 0 spiro atoms. The Bertz CT molecular complexity index is 425. The molecule has 1 amide bonds. The third-order valence-electron chi connectivity index (χ3n) is 2.05. The SMILES string of the molecule is CC(C)(C)SCC(=O)NC(CCS(C)(=O)=O)C(=O)O. The number of rotatable bonds is 7. The number of hydrogen-bond acceptors (Lipinski definition) is 5. The molecule has 0 aromatic carbocycles. The van der Waals surface area contributed by atoms with Gasteiger partial charge in [0.25, 0.3) is 0 Å². The monoisotopic (exact) mass is 311 g/mol. The van der Waals surface area contributed by atoms with E-state index >= 15 is 0 Å². The number of carbonyl (C=O) groups is 2. The van der Waals surface area contributed by atoms with Crippen molar-refractivity contribution in [3.8, 4) is 0 Å². The van der Waals surface area contributed by atoms with Crippen LogP contribution in [0.1, 0.15) is 27.2 Å². The van der Waals surface area contributed by atoms with Crippen LogP contribution in [0.3, 0.4) is 0 Å². The van der Waals surface area contributed by atoms with E-state index in [9.17, 15) is 18.0 Å². The van der Waals surface area contributed by atoms with Crippen LogP contribution in [0.15, 0.2) is 0 Å². The van der Waals surface area contributed by atoms with E-state index in [1.807, 2.05) is 20.8 Å². The fraction of sp³-hybridized carbons (Fsp3) is 0.818. The van der Waals surface area contributed by atoms with Crippen LogP contribution in [-0.2, 0) is 19.4 Å². The van der Waals surface area contributed by atoms with E-state index in [4.69, 9.17) is 5.11 Å². The number of nitrogens with one attached hydrogen (secondary N) is 1. The molecular formula is C11H21NO5S2. The van der Waals surface area contributed by atoms with Gasteiger partial charge in [0, 0.05) is 11.0 Å². The van der Waals surface area contributed by atoms with Gasteiger partial charge in [0.05, 0.1) is 11.5 Å². The average molecular weight is 311 g/mol. The summed E-state index contributed by atoms with van der Waals surface area (Å²) in [5.74, 6) is -1.75. The minimum atomic E-state index is -3.24. The highest BCUT2D eigenvalue weighted by molar-refractivity contribution is 8.01. The lowest BCUT2D eigenvalue weighted by Crippen LogP contribution is -2.43. The molecule has 8 heteroatoms. The summed E-state index contributed by atoms with van der Waals surface area (Å²) in [5.41, 5.74) is 0. The van der Waals surface area contributed by atoms with Crippen molar-refractivity contribution in [1.82, 2.24) is 5.32 Å². The number of aliphatic carboxylic acids is 1. The normalized spacial score (nSPS) is 13.9. The van der Waals surface area contributed by atoms with Gasteiger partial charge in [-0.1, -0.05) is 20.8 Å². The number of sulfone groups is 1. The number of amides is 1. The number of carbonyl (C=O) groups excluding carboxylic acids is 1. The molecule has 0 aliphatic rings. The van der Waals surface area contributed by atoms with Gasteiger partial charge in [0.2, 0.25) is 5.91 Å². The first kappa shape index (κ1) is 18.2. The van der Waals surface area contributed by atoms with Gasteiger partial charge < -0.3 is 10.4 Å².